The van der Waals surface area contributed by atoms with Crippen molar-refractivity contribution in [2.75, 3.05) is 0 Å². The Kier molecular flexibility index (Phi) is 6.57. The summed E-state index contributed by atoms with van der Waals surface area (Å²) < 4.78 is 0. The van der Waals surface area contributed by atoms with E-state index in [1.54, 1.807) is 0 Å². The van der Waals surface area contributed by atoms with Gasteiger partial charge < -0.3 is 5.21 Å². The maximum atomic E-state index is 8.36. The van der Waals surface area contributed by atoms with E-state index in [0.717, 1.165) is 0 Å². The monoisotopic (exact) mass is 66.0 g/mol. The van der Waals surface area contributed by atoms with Crippen LogP contribution in [0.15, 0.2) is 0 Å². The predicted molar refractivity (Wildman–Crippen MR) is 8.78 cm³/mol. The molecule has 5 heavy (non-hydrogen) atoms. The first-order valence-corrected chi connectivity index (χ1v) is 0.565. The van der Waals surface area contributed by atoms with Gasteiger partial charge in [0.05, 0.1) is 0 Å². The molecule has 0 unspecified atom stereocenters. The molecule has 0 radical (unpaired) electrons. The molecule has 0 fully saturated rings. The second kappa shape index (κ2) is 3.72. The molecule has 0 aromatic carbocycles. The van der Waals surface area contributed by atoms with Crippen LogP contribution in [0.1, 0.15) is 0 Å². The van der Waals surface area contributed by atoms with Crippen molar-refractivity contribution in [3.05, 3.63) is 10.1 Å². The maximum Gasteiger partial charge on any atom is 0.291 e. The van der Waals surface area contributed by atoms with Crippen molar-refractivity contribution in [3.63, 3.8) is 0 Å². The summed E-state index contributed by atoms with van der Waals surface area (Å²) in [6.07, 6.45) is 0. The summed E-state index contributed by atoms with van der Waals surface area (Å²) in [5, 5.41) is 13.6. The Labute approximate surface area is 38.4 Å². The van der Waals surface area contributed by atoms with Gasteiger partial charge in [0, 0.05) is 17.1 Å². The zero-order valence-electron chi connectivity index (χ0n) is 2.06. The Hall–Kier alpha value is -0.281. The van der Waals surface area contributed by atoms with Gasteiger partial charge in [-0.2, -0.15) is 0 Å². The third kappa shape index (κ3) is 140. The van der Waals surface area contributed by atoms with Gasteiger partial charge in [0.1, 0.15) is 0 Å². The van der Waals surface area contributed by atoms with Gasteiger partial charge in [-0.1, -0.05) is 0 Å². The molecule has 0 atom stereocenters. The molecule has 0 bridgehead atoms. The average Bonchev–Trinajstić information content (AvgIpc) is 0.811. The second-order valence-electron chi connectivity index (χ2n) is 0.238. The molecule has 0 heterocycles. The minimum atomic E-state index is -1.50. The molecule has 0 amide bonds. The molecule has 32 valence electrons. The normalized spacial score (nSPS) is 4.80. The van der Waals surface area contributed by atoms with Crippen molar-refractivity contribution in [1.29, 1.82) is 0 Å². The predicted octanol–water partition coefficient (Wildman–Crippen LogP) is -0.350. The summed E-state index contributed by atoms with van der Waals surface area (Å²) in [7, 11) is 0. The summed E-state index contributed by atoms with van der Waals surface area (Å²) in [4.78, 5) is 8.36. The smallest absolute Gasteiger partial charge is 0.291 e. The van der Waals surface area contributed by atoms with Crippen molar-refractivity contribution in [2.45, 2.75) is 0 Å². The van der Waals surface area contributed by atoms with Gasteiger partial charge in [0.15, 0.2) is 0 Å². The van der Waals surface area contributed by atoms with Crippen molar-refractivity contribution >= 4 is 0 Å². The zero-order valence-corrected chi connectivity index (χ0v) is 3.17. The third-order valence-corrected chi connectivity index (χ3v) is 0. The largest absolute Gasteiger partial charge is 0.328 e. The van der Waals surface area contributed by atoms with Gasteiger partial charge in [-0.3, -0.25) is 0 Å². The first-order valence-electron chi connectivity index (χ1n) is 0.565. The van der Waals surface area contributed by atoms with Crippen LogP contribution in [0, 0.1) is 10.1 Å². The summed E-state index contributed by atoms with van der Waals surface area (Å²) in [5.41, 5.74) is 0. The van der Waals surface area contributed by atoms with Crippen LogP contribution < -0.4 is 0 Å². The summed E-state index contributed by atoms with van der Waals surface area (Å²) in [6, 6.07) is 0. The Morgan fingerprint density at radius 3 is 1.80 bits per heavy atom. The van der Waals surface area contributed by atoms with Crippen LogP contribution in [0.2, 0.25) is 0 Å². The number of hydrogen-bond acceptors (Lipinski definition) is 2. The topological polar surface area (TPSA) is 63.4 Å². The standard InChI is InChI=1S/Fe.HNO3/c;2-1(3)4/h;(H,2,3,4)/i1-53;. The molecule has 0 aromatic heterocycles. The molecule has 0 aliphatic heterocycles. The molecule has 0 aliphatic carbocycles. The molecule has 4 nitrogen and oxygen atoms in total. The van der Waals surface area contributed by atoms with E-state index >= 15 is 0 Å². The van der Waals surface area contributed by atoms with Gasteiger partial charge in [-0.25, -0.2) is 0 Å². The Balaban J connectivity index is 0. The molecule has 0 aromatic rings. The van der Waals surface area contributed by atoms with Crippen LogP contribution in [0.25, 0.3) is 0 Å². The Morgan fingerprint density at radius 1 is 1.80 bits per heavy atom. The van der Waals surface area contributed by atoms with E-state index in [1.165, 1.54) is 0 Å². The zero-order chi connectivity index (χ0) is 3.58. The molecule has 0 saturated heterocycles. The summed E-state index contributed by atoms with van der Waals surface area (Å²) in [6.45, 7) is 0. The van der Waals surface area contributed by atoms with Crippen LogP contribution >= 0.6 is 0 Å². The third-order valence-electron chi connectivity index (χ3n) is 0. The van der Waals surface area contributed by atoms with Crippen LogP contribution in [0.5, 0.6) is 0 Å². The van der Waals surface area contributed by atoms with E-state index in [4.69, 9.17) is 15.3 Å². The van der Waals surface area contributed by atoms with Crippen molar-refractivity contribution in [2.24, 2.45) is 0 Å². The van der Waals surface area contributed by atoms with E-state index in [2.05, 4.69) is 0 Å². The fraction of sp³-hybridized carbons (Fsp3) is 0. The quantitative estimate of drug-likeness (QED) is 0.239. The fourth-order valence-electron chi connectivity index (χ4n) is 0. The maximum absolute atomic E-state index is 8.36. The second-order valence-corrected chi connectivity index (χ2v) is 0.238. The van der Waals surface area contributed by atoms with E-state index in [1.807, 2.05) is 0 Å². The number of rotatable bonds is 0. The fourth-order valence-corrected chi connectivity index (χ4v) is 0. The van der Waals surface area contributed by atoms with E-state index in [-0.39, 0.29) is 17.1 Å². The van der Waals surface area contributed by atoms with Crippen molar-refractivity contribution < 1.29 is 27.4 Å². The molecule has 0 rings (SSSR count). The van der Waals surface area contributed by atoms with Crippen LogP contribution in [0.4, 0.5) is 0 Å². The SMILES string of the molecule is O=[N+]([O-])O.[3Fe]. The summed E-state index contributed by atoms with van der Waals surface area (Å²) >= 11 is 0. The van der Waals surface area contributed by atoms with E-state index in [0.29, 0.717) is 0 Å². The van der Waals surface area contributed by atoms with Gasteiger partial charge in [-0.05, 0) is 0 Å². The number of hydrogen-bond donors (Lipinski definition) is 1. The van der Waals surface area contributed by atoms with Gasteiger partial charge in [-0.15, -0.1) is 10.1 Å². The summed E-state index contributed by atoms with van der Waals surface area (Å²) in [5.74, 6) is 0. The van der Waals surface area contributed by atoms with Crippen LogP contribution in [-0.4, -0.2) is 10.3 Å². The van der Waals surface area contributed by atoms with E-state index < -0.39 is 5.09 Å². The minimum absolute atomic E-state index is 0. The Morgan fingerprint density at radius 2 is 1.80 bits per heavy atom. The molecule has 5 heteroatoms. The first-order chi connectivity index (χ1) is 1.73. The molecular weight excluding hydrogens is 65.0 g/mol. The molecular formula is HFeNO3. The first kappa shape index (κ1) is 8.83. The van der Waals surface area contributed by atoms with E-state index in [9.17, 15) is 0 Å². The number of nitrogens with zero attached hydrogens (tertiary/aromatic N) is 1. The molecule has 1 N–H and O–H groups in total. The average molecular weight is 66.0 g/mol. The van der Waals surface area contributed by atoms with Crippen LogP contribution in [0.3, 0.4) is 0 Å². The molecule has 0 saturated carbocycles. The van der Waals surface area contributed by atoms with Gasteiger partial charge >= 0.3 is 0 Å². The van der Waals surface area contributed by atoms with Crippen molar-refractivity contribution in [3.8, 4) is 0 Å². The van der Waals surface area contributed by atoms with Crippen LogP contribution in [-0.2, 0) is 17.1 Å². The minimum Gasteiger partial charge on any atom is -0.328 e. The molecule has 0 spiro atoms. The Bertz CT molecular complexity index is 29.9. The van der Waals surface area contributed by atoms with Gasteiger partial charge in [0.2, 0.25) is 0 Å². The molecule has 0 aliphatic rings. The van der Waals surface area contributed by atoms with Gasteiger partial charge in [0.25, 0.3) is 5.09 Å². The van der Waals surface area contributed by atoms with Crippen molar-refractivity contribution in [1.82, 2.24) is 0 Å².